The summed E-state index contributed by atoms with van der Waals surface area (Å²) in [5, 5.41) is 4.08. The van der Waals surface area contributed by atoms with Crippen LogP contribution in [0.5, 0.6) is 0 Å². The molecule has 0 aliphatic carbocycles. The second-order valence-corrected chi connectivity index (χ2v) is 5.84. The first-order valence-corrected chi connectivity index (χ1v) is 7.85. The van der Waals surface area contributed by atoms with Crippen LogP contribution in [0, 0.1) is 0 Å². The third kappa shape index (κ3) is 2.91. The summed E-state index contributed by atoms with van der Waals surface area (Å²) in [6.07, 6.45) is 4.20. The standard InChI is InChI=1S/C16H21N3O3/c1-3-11(2)14-17-15(22-18-14)12-6-8-19(9-7-12)16(20)13-5-4-10-21-13/h4-5,10-12H,3,6-9H2,1-2H3/t11-/m1/s1. The first-order chi connectivity index (χ1) is 10.7. The lowest BCUT2D eigenvalue weighted by Crippen LogP contribution is -2.37. The third-order valence-electron chi connectivity index (χ3n) is 4.37. The average Bonchev–Trinajstić information content (AvgIpc) is 3.25. The Morgan fingerprint density at radius 1 is 1.45 bits per heavy atom. The van der Waals surface area contributed by atoms with Crippen molar-refractivity contribution in [3.8, 4) is 0 Å². The van der Waals surface area contributed by atoms with Crippen molar-refractivity contribution in [2.24, 2.45) is 0 Å². The second-order valence-electron chi connectivity index (χ2n) is 5.84. The number of hydrogen-bond donors (Lipinski definition) is 0. The number of furan rings is 1. The van der Waals surface area contributed by atoms with Crippen molar-refractivity contribution in [3.05, 3.63) is 35.9 Å². The van der Waals surface area contributed by atoms with E-state index in [0.717, 1.165) is 25.1 Å². The largest absolute Gasteiger partial charge is 0.459 e. The van der Waals surface area contributed by atoms with E-state index in [2.05, 4.69) is 24.0 Å². The molecule has 0 aromatic carbocycles. The molecule has 3 heterocycles. The van der Waals surface area contributed by atoms with E-state index in [1.165, 1.54) is 6.26 Å². The van der Waals surface area contributed by atoms with Gasteiger partial charge in [-0.2, -0.15) is 4.98 Å². The van der Waals surface area contributed by atoms with Gasteiger partial charge in [-0.15, -0.1) is 0 Å². The molecule has 22 heavy (non-hydrogen) atoms. The predicted octanol–water partition coefficient (Wildman–Crippen LogP) is 3.20. The van der Waals surface area contributed by atoms with Gasteiger partial charge in [0, 0.05) is 24.9 Å². The number of rotatable bonds is 4. The van der Waals surface area contributed by atoms with Crippen LogP contribution in [-0.2, 0) is 0 Å². The summed E-state index contributed by atoms with van der Waals surface area (Å²) >= 11 is 0. The number of hydrogen-bond acceptors (Lipinski definition) is 5. The van der Waals surface area contributed by atoms with Crippen molar-refractivity contribution in [1.82, 2.24) is 15.0 Å². The lowest BCUT2D eigenvalue weighted by molar-refractivity contribution is 0.0672. The van der Waals surface area contributed by atoms with Gasteiger partial charge in [-0.1, -0.05) is 19.0 Å². The van der Waals surface area contributed by atoms with E-state index in [-0.39, 0.29) is 11.8 Å². The normalized spacial score (nSPS) is 17.6. The van der Waals surface area contributed by atoms with Crippen LogP contribution in [0.4, 0.5) is 0 Å². The maximum atomic E-state index is 12.2. The molecule has 1 saturated heterocycles. The molecule has 6 heteroatoms. The van der Waals surface area contributed by atoms with E-state index in [1.54, 1.807) is 12.1 Å². The van der Waals surface area contributed by atoms with Gasteiger partial charge in [0.05, 0.1) is 6.26 Å². The smallest absolute Gasteiger partial charge is 0.289 e. The number of carbonyl (C=O) groups excluding carboxylic acids is 1. The summed E-state index contributed by atoms with van der Waals surface area (Å²) in [5.41, 5.74) is 0. The summed E-state index contributed by atoms with van der Waals surface area (Å²) in [6, 6.07) is 3.43. The first-order valence-electron chi connectivity index (χ1n) is 7.85. The maximum absolute atomic E-state index is 12.2. The highest BCUT2D eigenvalue weighted by molar-refractivity contribution is 5.91. The Labute approximate surface area is 129 Å². The zero-order chi connectivity index (χ0) is 15.5. The number of nitrogens with zero attached hydrogens (tertiary/aromatic N) is 3. The summed E-state index contributed by atoms with van der Waals surface area (Å²) in [5.74, 6) is 2.40. The number of likely N-dealkylation sites (tertiary alicyclic amines) is 1. The Morgan fingerprint density at radius 3 is 2.86 bits per heavy atom. The van der Waals surface area contributed by atoms with E-state index in [0.29, 0.717) is 30.7 Å². The van der Waals surface area contributed by atoms with Gasteiger partial charge < -0.3 is 13.8 Å². The fourth-order valence-corrected chi connectivity index (χ4v) is 2.68. The van der Waals surface area contributed by atoms with Gasteiger partial charge in [-0.3, -0.25) is 4.79 Å². The van der Waals surface area contributed by atoms with Crippen LogP contribution in [-0.4, -0.2) is 34.0 Å². The Hall–Kier alpha value is -2.11. The number of piperidine rings is 1. The summed E-state index contributed by atoms with van der Waals surface area (Å²) in [4.78, 5) is 18.6. The van der Waals surface area contributed by atoms with Gasteiger partial charge in [-0.05, 0) is 31.4 Å². The molecule has 1 atom stereocenters. The Kier molecular flexibility index (Phi) is 4.27. The Morgan fingerprint density at radius 2 is 2.23 bits per heavy atom. The lowest BCUT2D eigenvalue weighted by Gasteiger charge is -2.29. The van der Waals surface area contributed by atoms with Gasteiger partial charge in [0.2, 0.25) is 5.89 Å². The van der Waals surface area contributed by atoms with Crippen LogP contribution < -0.4 is 0 Å². The molecular formula is C16H21N3O3. The van der Waals surface area contributed by atoms with Crippen LogP contribution in [0.2, 0.25) is 0 Å². The lowest BCUT2D eigenvalue weighted by atomic mass is 9.96. The van der Waals surface area contributed by atoms with E-state index in [4.69, 9.17) is 8.94 Å². The molecule has 0 bridgehead atoms. The van der Waals surface area contributed by atoms with Crippen molar-refractivity contribution in [2.75, 3.05) is 13.1 Å². The number of aromatic nitrogens is 2. The molecule has 1 amide bonds. The maximum Gasteiger partial charge on any atom is 0.289 e. The van der Waals surface area contributed by atoms with Crippen LogP contribution in [0.25, 0.3) is 0 Å². The SMILES string of the molecule is CC[C@@H](C)c1noc(C2CCN(C(=O)c3ccco3)CC2)n1. The Balaban J connectivity index is 1.60. The molecular weight excluding hydrogens is 282 g/mol. The van der Waals surface area contributed by atoms with E-state index in [9.17, 15) is 4.79 Å². The molecule has 0 N–H and O–H groups in total. The van der Waals surface area contributed by atoms with Gasteiger partial charge in [0.15, 0.2) is 11.6 Å². The quantitative estimate of drug-likeness (QED) is 0.867. The van der Waals surface area contributed by atoms with Gasteiger partial charge in [-0.25, -0.2) is 0 Å². The van der Waals surface area contributed by atoms with Gasteiger partial charge in [0.1, 0.15) is 0 Å². The monoisotopic (exact) mass is 303 g/mol. The van der Waals surface area contributed by atoms with Gasteiger partial charge >= 0.3 is 0 Å². The molecule has 0 saturated carbocycles. The highest BCUT2D eigenvalue weighted by atomic mass is 16.5. The summed E-state index contributed by atoms with van der Waals surface area (Å²) in [6.45, 7) is 5.58. The molecule has 1 aliphatic rings. The zero-order valence-corrected chi connectivity index (χ0v) is 13.0. The number of amides is 1. The second kappa shape index (κ2) is 6.34. The minimum absolute atomic E-state index is 0.0470. The summed E-state index contributed by atoms with van der Waals surface area (Å²) < 4.78 is 10.6. The molecule has 6 nitrogen and oxygen atoms in total. The van der Waals surface area contributed by atoms with Crippen LogP contribution in [0.1, 0.15) is 67.2 Å². The Bertz CT molecular complexity index is 612. The minimum Gasteiger partial charge on any atom is -0.459 e. The van der Waals surface area contributed by atoms with E-state index >= 15 is 0 Å². The fourth-order valence-electron chi connectivity index (χ4n) is 2.68. The molecule has 0 radical (unpaired) electrons. The molecule has 3 rings (SSSR count). The average molecular weight is 303 g/mol. The van der Waals surface area contributed by atoms with Crippen molar-refractivity contribution in [3.63, 3.8) is 0 Å². The predicted molar refractivity (Wildman–Crippen MR) is 79.6 cm³/mol. The highest BCUT2D eigenvalue weighted by Gasteiger charge is 2.29. The first kappa shape index (κ1) is 14.8. The van der Waals surface area contributed by atoms with Crippen LogP contribution in [0.3, 0.4) is 0 Å². The van der Waals surface area contributed by atoms with Crippen molar-refractivity contribution < 1.29 is 13.7 Å². The van der Waals surface area contributed by atoms with Crippen LogP contribution in [0.15, 0.2) is 27.3 Å². The molecule has 2 aromatic rings. The van der Waals surface area contributed by atoms with Crippen LogP contribution >= 0.6 is 0 Å². The molecule has 2 aromatic heterocycles. The van der Waals surface area contributed by atoms with E-state index < -0.39 is 0 Å². The molecule has 1 aliphatic heterocycles. The number of carbonyl (C=O) groups is 1. The minimum atomic E-state index is -0.0470. The topological polar surface area (TPSA) is 72.4 Å². The van der Waals surface area contributed by atoms with Crippen molar-refractivity contribution >= 4 is 5.91 Å². The van der Waals surface area contributed by atoms with Crippen molar-refractivity contribution in [2.45, 2.75) is 44.9 Å². The molecule has 118 valence electrons. The van der Waals surface area contributed by atoms with E-state index in [1.807, 2.05) is 4.90 Å². The molecule has 0 unspecified atom stereocenters. The zero-order valence-electron chi connectivity index (χ0n) is 13.0. The summed E-state index contributed by atoms with van der Waals surface area (Å²) in [7, 11) is 0. The molecule has 0 spiro atoms. The third-order valence-corrected chi connectivity index (χ3v) is 4.37. The molecule has 1 fully saturated rings. The highest BCUT2D eigenvalue weighted by Crippen LogP contribution is 2.28. The van der Waals surface area contributed by atoms with Gasteiger partial charge in [0.25, 0.3) is 5.91 Å². The van der Waals surface area contributed by atoms with Crippen molar-refractivity contribution in [1.29, 1.82) is 0 Å². The fraction of sp³-hybridized carbons (Fsp3) is 0.562.